The van der Waals surface area contributed by atoms with Crippen LogP contribution in [0.4, 0.5) is 0 Å². The zero-order chi connectivity index (χ0) is 13.7. The van der Waals surface area contributed by atoms with Gasteiger partial charge < -0.3 is 10.4 Å². The molecule has 1 aliphatic carbocycles. The van der Waals surface area contributed by atoms with Gasteiger partial charge in [0.25, 0.3) is 5.91 Å². The molecular formula is C15H23NO2S. The average molecular weight is 281 g/mol. The van der Waals surface area contributed by atoms with E-state index in [1.54, 1.807) is 11.3 Å². The predicted molar refractivity (Wildman–Crippen MR) is 78.8 cm³/mol. The fourth-order valence-electron chi connectivity index (χ4n) is 2.58. The van der Waals surface area contributed by atoms with Crippen molar-refractivity contribution in [2.24, 2.45) is 5.92 Å². The third-order valence-corrected chi connectivity index (χ3v) is 4.82. The van der Waals surface area contributed by atoms with E-state index in [1.807, 2.05) is 5.38 Å². The van der Waals surface area contributed by atoms with Gasteiger partial charge >= 0.3 is 0 Å². The largest absolute Gasteiger partial charge is 0.396 e. The van der Waals surface area contributed by atoms with Gasteiger partial charge in [-0.2, -0.15) is 0 Å². The zero-order valence-electron chi connectivity index (χ0n) is 11.6. The van der Waals surface area contributed by atoms with E-state index < -0.39 is 0 Å². The van der Waals surface area contributed by atoms with Gasteiger partial charge in [-0.15, -0.1) is 11.3 Å². The smallest absolute Gasteiger partial charge is 0.252 e. The Kier molecular flexibility index (Phi) is 5.40. The highest BCUT2D eigenvalue weighted by Gasteiger charge is 2.22. The van der Waals surface area contributed by atoms with Crippen molar-refractivity contribution in [2.75, 3.05) is 13.2 Å². The van der Waals surface area contributed by atoms with Crippen LogP contribution in [0.3, 0.4) is 0 Å². The summed E-state index contributed by atoms with van der Waals surface area (Å²) in [6, 6.07) is 0. The Hall–Kier alpha value is -0.870. The molecule has 1 atom stereocenters. The first-order valence-electron chi connectivity index (χ1n) is 7.20. The van der Waals surface area contributed by atoms with Crippen LogP contribution in [-0.2, 0) is 12.8 Å². The molecule has 0 saturated carbocycles. The summed E-state index contributed by atoms with van der Waals surface area (Å²) in [5, 5.41) is 13.7. The van der Waals surface area contributed by atoms with Crippen LogP contribution in [-0.4, -0.2) is 24.2 Å². The highest BCUT2D eigenvalue weighted by molar-refractivity contribution is 7.10. The van der Waals surface area contributed by atoms with Crippen molar-refractivity contribution in [2.45, 2.75) is 45.4 Å². The summed E-state index contributed by atoms with van der Waals surface area (Å²) in [5.74, 6) is 0.830. The van der Waals surface area contributed by atoms with Crippen molar-refractivity contribution >= 4 is 17.2 Å². The van der Waals surface area contributed by atoms with Crippen LogP contribution in [0.1, 0.15) is 53.4 Å². The Labute approximate surface area is 119 Å². The van der Waals surface area contributed by atoms with Gasteiger partial charge in [0.2, 0.25) is 0 Å². The summed E-state index contributed by atoms with van der Waals surface area (Å²) >= 11 is 1.74. The summed E-state index contributed by atoms with van der Waals surface area (Å²) in [7, 11) is 0. The quantitative estimate of drug-likeness (QED) is 0.788. The normalized spacial score (nSPS) is 18.1. The summed E-state index contributed by atoms with van der Waals surface area (Å²) in [4.78, 5) is 13.5. The molecule has 0 aliphatic heterocycles. The molecule has 0 fully saturated rings. The van der Waals surface area contributed by atoms with Crippen LogP contribution in [0, 0.1) is 5.92 Å². The first-order valence-corrected chi connectivity index (χ1v) is 8.08. The van der Waals surface area contributed by atoms with Crippen LogP contribution >= 0.6 is 11.3 Å². The monoisotopic (exact) mass is 281 g/mol. The summed E-state index contributed by atoms with van der Waals surface area (Å²) < 4.78 is 0. The van der Waals surface area contributed by atoms with Crippen LogP contribution in [0.2, 0.25) is 0 Å². The van der Waals surface area contributed by atoms with Crippen molar-refractivity contribution in [1.82, 2.24) is 5.32 Å². The second kappa shape index (κ2) is 7.06. The maximum Gasteiger partial charge on any atom is 0.252 e. The predicted octanol–water partition coefficient (Wildman–Crippen LogP) is 2.77. The second-order valence-corrected chi connectivity index (χ2v) is 6.40. The number of hydrogen-bond donors (Lipinski definition) is 2. The lowest BCUT2D eigenvalue weighted by atomic mass is 9.88. The number of nitrogens with one attached hydrogen (secondary N) is 1. The third-order valence-electron chi connectivity index (χ3n) is 3.77. The standard InChI is InChI=1S/C15H23NO2S/c1-11-5-6-12-13(10-19-14(12)9-11)15(18)16-7-3-2-4-8-17/h10-11,17H,2-9H2,1H3,(H,16,18). The number of aliphatic hydroxyl groups excluding tert-OH is 1. The van der Waals surface area contributed by atoms with Gasteiger partial charge in [-0.3, -0.25) is 4.79 Å². The van der Waals surface area contributed by atoms with E-state index in [0.29, 0.717) is 6.54 Å². The van der Waals surface area contributed by atoms with Crippen LogP contribution in [0.15, 0.2) is 5.38 Å². The van der Waals surface area contributed by atoms with Crippen molar-refractivity contribution in [3.05, 3.63) is 21.4 Å². The van der Waals surface area contributed by atoms with Gasteiger partial charge in [-0.25, -0.2) is 0 Å². The lowest BCUT2D eigenvalue weighted by Crippen LogP contribution is -2.25. The van der Waals surface area contributed by atoms with E-state index in [2.05, 4.69) is 12.2 Å². The van der Waals surface area contributed by atoms with Gasteiger partial charge in [-0.1, -0.05) is 6.92 Å². The molecule has 19 heavy (non-hydrogen) atoms. The topological polar surface area (TPSA) is 49.3 Å². The van der Waals surface area contributed by atoms with E-state index in [0.717, 1.165) is 43.6 Å². The van der Waals surface area contributed by atoms with Gasteiger partial charge in [0, 0.05) is 23.4 Å². The highest BCUT2D eigenvalue weighted by Crippen LogP contribution is 2.32. The summed E-state index contributed by atoms with van der Waals surface area (Å²) in [6.45, 7) is 3.23. The van der Waals surface area contributed by atoms with E-state index in [1.165, 1.54) is 16.9 Å². The number of fused-ring (bicyclic) bond motifs is 1. The maximum atomic E-state index is 12.1. The van der Waals surface area contributed by atoms with E-state index in [9.17, 15) is 4.79 Å². The summed E-state index contributed by atoms with van der Waals surface area (Å²) in [5.41, 5.74) is 2.19. The van der Waals surface area contributed by atoms with Gasteiger partial charge in [0.15, 0.2) is 0 Å². The lowest BCUT2D eigenvalue weighted by Gasteiger charge is -2.18. The Balaban J connectivity index is 1.86. The summed E-state index contributed by atoms with van der Waals surface area (Å²) in [6.07, 6.45) is 6.10. The molecule has 0 aromatic carbocycles. The maximum absolute atomic E-state index is 12.1. The van der Waals surface area contributed by atoms with Gasteiger partial charge in [0.05, 0.1) is 5.56 Å². The van der Waals surface area contributed by atoms with E-state index in [-0.39, 0.29) is 12.5 Å². The van der Waals surface area contributed by atoms with E-state index >= 15 is 0 Å². The minimum Gasteiger partial charge on any atom is -0.396 e. The molecular weight excluding hydrogens is 258 g/mol. The van der Waals surface area contributed by atoms with Crippen molar-refractivity contribution in [1.29, 1.82) is 0 Å². The minimum atomic E-state index is 0.0797. The Bertz CT molecular complexity index is 428. The molecule has 0 radical (unpaired) electrons. The Morgan fingerprint density at radius 1 is 1.47 bits per heavy atom. The Morgan fingerprint density at radius 3 is 3.11 bits per heavy atom. The molecule has 1 heterocycles. The average Bonchev–Trinajstić information content (AvgIpc) is 2.81. The number of carbonyl (C=O) groups excluding carboxylic acids is 1. The molecule has 1 unspecified atom stereocenters. The SMILES string of the molecule is CC1CCc2c(C(=O)NCCCCCO)csc2C1. The fourth-order valence-corrected chi connectivity index (χ4v) is 3.82. The molecule has 4 heteroatoms. The van der Waals surface area contributed by atoms with Crippen LogP contribution in [0.5, 0.6) is 0 Å². The third kappa shape index (κ3) is 3.80. The number of carbonyl (C=O) groups is 1. The molecule has 0 saturated heterocycles. The number of thiophene rings is 1. The number of unbranched alkanes of at least 4 members (excludes halogenated alkanes) is 2. The number of rotatable bonds is 6. The first kappa shape index (κ1) is 14.5. The second-order valence-electron chi connectivity index (χ2n) is 5.44. The molecule has 2 N–H and O–H groups in total. The van der Waals surface area contributed by atoms with Crippen LogP contribution < -0.4 is 5.32 Å². The molecule has 1 amide bonds. The van der Waals surface area contributed by atoms with Crippen molar-refractivity contribution in [3.63, 3.8) is 0 Å². The minimum absolute atomic E-state index is 0.0797. The zero-order valence-corrected chi connectivity index (χ0v) is 12.4. The molecule has 0 spiro atoms. The number of aliphatic hydroxyl groups is 1. The lowest BCUT2D eigenvalue weighted by molar-refractivity contribution is 0.0952. The molecule has 1 aromatic rings. The van der Waals surface area contributed by atoms with Crippen molar-refractivity contribution < 1.29 is 9.90 Å². The molecule has 0 bridgehead atoms. The fraction of sp³-hybridized carbons (Fsp3) is 0.667. The molecule has 3 nitrogen and oxygen atoms in total. The molecule has 106 valence electrons. The highest BCUT2D eigenvalue weighted by atomic mass is 32.1. The first-order chi connectivity index (χ1) is 9.22. The molecule has 1 aromatic heterocycles. The molecule has 1 aliphatic rings. The van der Waals surface area contributed by atoms with Crippen molar-refractivity contribution in [3.8, 4) is 0 Å². The van der Waals surface area contributed by atoms with Crippen LogP contribution in [0.25, 0.3) is 0 Å². The number of hydrogen-bond acceptors (Lipinski definition) is 3. The number of amides is 1. The van der Waals surface area contributed by atoms with E-state index in [4.69, 9.17) is 5.11 Å². The van der Waals surface area contributed by atoms with Gasteiger partial charge in [0.1, 0.15) is 0 Å². The Morgan fingerprint density at radius 2 is 2.32 bits per heavy atom. The van der Waals surface area contributed by atoms with Gasteiger partial charge in [-0.05, 0) is 50.0 Å². The molecule has 2 rings (SSSR count).